The van der Waals surface area contributed by atoms with Crippen molar-refractivity contribution in [2.45, 2.75) is 13.8 Å². The number of nitrogens with zero attached hydrogens (tertiary/aromatic N) is 3. The summed E-state index contributed by atoms with van der Waals surface area (Å²) in [5, 5.41) is 10.2. The van der Waals surface area contributed by atoms with Crippen LogP contribution in [0.25, 0.3) is 10.9 Å². The molecule has 86 valence electrons. The van der Waals surface area contributed by atoms with Crippen LogP contribution in [-0.2, 0) is 0 Å². The Morgan fingerprint density at radius 3 is 2.47 bits per heavy atom. The van der Waals surface area contributed by atoms with Crippen LogP contribution in [0.3, 0.4) is 0 Å². The summed E-state index contributed by atoms with van der Waals surface area (Å²) in [5.41, 5.74) is 4.56. The van der Waals surface area contributed by atoms with Gasteiger partial charge in [0, 0.05) is 30.9 Å². The van der Waals surface area contributed by atoms with Gasteiger partial charge in [0.05, 0.1) is 11.1 Å². The fourth-order valence-corrected chi connectivity index (χ4v) is 2.03. The number of aromatic nitrogens is 1. The van der Waals surface area contributed by atoms with E-state index in [-0.39, 0.29) is 0 Å². The van der Waals surface area contributed by atoms with E-state index in [4.69, 9.17) is 0 Å². The molecule has 0 N–H and O–H groups in total. The predicted octanol–water partition coefficient (Wildman–Crippen LogP) is 2.79. The molecule has 0 fully saturated rings. The van der Waals surface area contributed by atoms with Crippen LogP contribution in [0.5, 0.6) is 0 Å². The summed E-state index contributed by atoms with van der Waals surface area (Å²) in [6.45, 7) is 3.95. The first-order valence-corrected chi connectivity index (χ1v) is 5.52. The van der Waals surface area contributed by atoms with E-state index in [0.29, 0.717) is 5.56 Å². The Hall–Kier alpha value is -2.08. The highest BCUT2D eigenvalue weighted by atomic mass is 15.1. The quantitative estimate of drug-likeness (QED) is 0.749. The van der Waals surface area contributed by atoms with E-state index in [1.165, 1.54) is 0 Å². The number of aryl methyl sites for hydroxylation is 2. The van der Waals surface area contributed by atoms with Gasteiger partial charge in [0.15, 0.2) is 0 Å². The molecule has 1 aromatic heterocycles. The molecule has 0 radical (unpaired) electrons. The SMILES string of the molecule is Cc1cc(C#N)c2nc(C)cc(N(C)C)c2c1. The first-order chi connectivity index (χ1) is 8.02. The van der Waals surface area contributed by atoms with E-state index >= 15 is 0 Å². The highest BCUT2D eigenvalue weighted by molar-refractivity contribution is 5.95. The van der Waals surface area contributed by atoms with Gasteiger partial charge in [-0.2, -0.15) is 5.26 Å². The Labute approximate surface area is 101 Å². The Balaban J connectivity index is 2.94. The minimum absolute atomic E-state index is 0.645. The molecule has 0 bridgehead atoms. The molecular weight excluding hydrogens is 210 g/mol. The fraction of sp³-hybridized carbons (Fsp3) is 0.286. The van der Waals surface area contributed by atoms with Gasteiger partial charge in [0.25, 0.3) is 0 Å². The minimum Gasteiger partial charge on any atom is -0.377 e. The van der Waals surface area contributed by atoms with Crippen molar-refractivity contribution in [2.24, 2.45) is 0 Å². The monoisotopic (exact) mass is 225 g/mol. The molecule has 0 amide bonds. The Morgan fingerprint density at radius 2 is 1.88 bits per heavy atom. The van der Waals surface area contributed by atoms with Crippen LogP contribution in [-0.4, -0.2) is 19.1 Å². The van der Waals surface area contributed by atoms with Gasteiger partial charge < -0.3 is 4.90 Å². The summed E-state index contributed by atoms with van der Waals surface area (Å²) < 4.78 is 0. The number of rotatable bonds is 1. The van der Waals surface area contributed by atoms with Gasteiger partial charge in [-0.1, -0.05) is 0 Å². The number of hydrogen-bond donors (Lipinski definition) is 0. The maximum absolute atomic E-state index is 9.18. The molecule has 0 unspecified atom stereocenters. The van der Waals surface area contributed by atoms with Crippen molar-refractivity contribution in [1.82, 2.24) is 4.98 Å². The highest BCUT2D eigenvalue weighted by Gasteiger charge is 2.10. The van der Waals surface area contributed by atoms with Crippen LogP contribution < -0.4 is 4.90 Å². The van der Waals surface area contributed by atoms with Crippen molar-refractivity contribution in [3.8, 4) is 6.07 Å². The van der Waals surface area contributed by atoms with Crippen molar-refractivity contribution in [3.05, 3.63) is 35.0 Å². The zero-order chi connectivity index (χ0) is 12.6. The fourth-order valence-electron chi connectivity index (χ4n) is 2.03. The molecule has 1 heterocycles. The number of anilines is 1. The number of pyridine rings is 1. The third-order valence-corrected chi connectivity index (χ3v) is 2.77. The van der Waals surface area contributed by atoms with Gasteiger partial charge in [0.1, 0.15) is 6.07 Å². The lowest BCUT2D eigenvalue weighted by Gasteiger charge is -2.17. The highest BCUT2D eigenvalue weighted by Crippen LogP contribution is 2.28. The summed E-state index contributed by atoms with van der Waals surface area (Å²) in [4.78, 5) is 6.53. The molecule has 0 aliphatic heterocycles. The summed E-state index contributed by atoms with van der Waals surface area (Å²) in [6, 6.07) is 8.23. The van der Waals surface area contributed by atoms with Crippen LogP contribution in [0.1, 0.15) is 16.8 Å². The number of nitriles is 1. The zero-order valence-electron chi connectivity index (χ0n) is 10.6. The lowest BCUT2D eigenvalue weighted by Crippen LogP contribution is -2.10. The van der Waals surface area contributed by atoms with Crippen LogP contribution in [0.2, 0.25) is 0 Å². The molecule has 0 aliphatic rings. The normalized spacial score (nSPS) is 10.3. The average molecular weight is 225 g/mol. The van der Waals surface area contributed by atoms with E-state index in [2.05, 4.69) is 22.0 Å². The molecule has 3 heteroatoms. The first kappa shape index (κ1) is 11.4. The smallest absolute Gasteiger partial charge is 0.101 e. The molecule has 3 nitrogen and oxygen atoms in total. The van der Waals surface area contributed by atoms with Crippen molar-refractivity contribution < 1.29 is 0 Å². The summed E-state index contributed by atoms with van der Waals surface area (Å²) in [5.74, 6) is 0. The maximum Gasteiger partial charge on any atom is 0.101 e. The first-order valence-electron chi connectivity index (χ1n) is 5.52. The van der Waals surface area contributed by atoms with E-state index in [0.717, 1.165) is 27.8 Å². The second-order valence-electron chi connectivity index (χ2n) is 4.50. The molecule has 2 rings (SSSR count). The second-order valence-corrected chi connectivity index (χ2v) is 4.50. The van der Waals surface area contributed by atoms with Gasteiger partial charge in [-0.3, -0.25) is 4.98 Å². The van der Waals surface area contributed by atoms with Crippen LogP contribution >= 0.6 is 0 Å². The number of fused-ring (bicyclic) bond motifs is 1. The standard InChI is InChI=1S/C14H15N3/c1-9-5-11(8-15)14-12(6-9)13(17(3)4)7-10(2)16-14/h5-7H,1-4H3. The Kier molecular flexibility index (Phi) is 2.72. The summed E-state index contributed by atoms with van der Waals surface area (Å²) in [7, 11) is 4.01. The predicted molar refractivity (Wildman–Crippen MR) is 70.3 cm³/mol. The van der Waals surface area contributed by atoms with Crippen molar-refractivity contribution in [1.29, 1.82) is 5.26 Å². The van der Waals surface area contributed by atoms with Crippen LogP contribution in [0.4, 0.5) is 5.69 Å². The van der Waals surface area contributed by atoms with Gasteiger partial charge in [-0.15, -0.1) is 0 Å². The Bertz CT molecular complexity index is 621. The molecule has 0 aliphatic carbocycles. The molecule has 0 spiro atoms. The molecular formula is C14H15N3. The van der Waals surface area contributed by atoms with Gasteiger partial charge >= 0.3 is 0 Å². The summed E-state index contributed by atoms with van der Waals surface area (Å²) >= 11 is 0. The van der Waals surface area contributed by atoms with E-state index in [1.807, 2.05) is 40.1 Å². The molecule has 0 saturated heterocycles. The van der Waals surface area contributed by atoms with Crippen molar-refractivity contribution >= 4 is 16.6 Å². The van der Waals surface area contributed by atoms with Gasteiger partial charge in [0.2, 0.25) is 0 Å². The number of benzene rings is 1. The average Bonchev–Trinajstić information content (AvgIpc) is 2.27. The zero-order valence-corrected chi connectivity index (χ0v) is 10.6. The molecule has 17 heavy (non-hydrogen) atoms. The third kappa shape index (κ3) is 1.94. The van der Waals surface area contributed by atoms with Gasteiger partial charge in [-0.05, 0) is 37.6 Å². The lowest BCUT2D eigenvalue weighted by molar-refractivity contribution is 1.12. The number of hydrogen-bond acceptors (Lipinski definition) is 3. The van der Waals surface area contributed by atoms with Gasteiger partial charge in [-0.25, -0.2) is 0 Å². The molecule has 1 aromatic carbocycles. The third-order valence-electron chi connectivity index (χ3n) is 2.77. The van der Waals surface area contributed by atoms with Crippen LogP contribution in [0, 0.1) is 25.2 Å². The van der Waals surface area contributed by atoms with Crippen LogP contribution in [0.15, 0.2) is 18.2 Å². The molecule has 0 saturated carbocycles. The topological polar surface area (TPSA) is 39.9 Å². The largest absolute Gasteiger partial charge is 0.377 e. The molecule has 0 atom stereocenters. The molecule has 2 aromatic rings. The lowest BCUT2D eigenvalue weighted by atomic mass is 10.0. The minimum atomic E-state index is 0.645. The maximum atomic E-state index is 9.18. The van der Waals surface area contributed by atoms with E-state index in [9.17, 15) is 5.26 Å². The van der Waals surface area contributed by atoms with Crippen molar-refractivity contribution in [3.63, 3.8) is 0 Å². The van der Waals surface area contributed by atoms with E-state index in [1.54, 1.807) is 0 Å². The summed E-state index contributed by atoms with van der Waals surface area (Å²) in [6.07, 6.45) is 0. The van der Waals surface area contributed by atoms with E-state index < -0.39 is 0 Å². The second kappa shape index (κ2) is 4.06. The Morgan fingerprint density at radius 1 is 1.18 bits per heavy atom. The van der Waals surface area contributed by atoms with Crippen molar-refractivity contribution in [2.75, 3.05) is 19.0 Å².